The molecule has 1 saturated heterocycles. The molecule has 1 N–H and O–H groups in total. The quantitative estimate of drug-likeness (QED) is 0.671. The zero-order valence-corrected chi connectivity index (χ0v) is 15.1. The van der Waals surface area contributed by atoms with Gasteiger partial charge in [0, 0.05) is 49.7 Å². The zero-order valence-electron chi connectivity index (χ0n) is 15.1. The number of aliphatic imine (C=N–C) groups is 1. The van der Waals surface area contributed by atoms with E-state index in [0.717, 1.165) is 54.4 Å². The van der Waals surface area contributed by atoms with Crippen molar-refractivity contribution in [3.05, 3.63) is 36.2 Å². The molecule has 1 aliphatic heterocycles. The number of aromatic amines is 1. The Labute approximate surface area is 148 Å². The lowest BCUT2D eigenvalue weighted by Gasteiger charge is -2.34. The van der Waals surface area contributed by atoms with Gasteiger partial charge in [-0.3, -0.25) is 0 Å². The first-order chi connectivity index (χ1) is 12.2. The first-order valence-corrected chi connectivity index (χ1v) is 8.47. The number of hydrogen-bond acceptors (Lipinski definition) is 5. The number of rotatable bonds is 5. The van der Waals surface area contributed by atoms with Gasteiger partial charge in [0.15, 0.2) is 0 Å². The van der Waals surface area contributed by atoms with E-state index in [1.807, 2.05) is 31.5 Å². The molecule has 0 bridgehead atoms. The fraction of sp³-hybridized carbons (Fsp3) is 0.368. The van der Waals surface area contributed by atoms with E-state index in [9.17, 15) is 0 Å². The molecule has 132 valence electrons. The van der Waals surface area contributed by atoms with Crippen molar-refractivity contribution in [3.63, 3.8) is 0 Å². The van der Waals surface area contributed by atoms with Gasteiger partial charge in [0.2, 0.25) is 0 Å². The van der Waals surface area contributed by atoms with Crippen LogP contribution in [0.4, 0.5) is 11.6 Å². The molecular formula is C19H25N5O. The molecule has 2 aromatic heterocycles. The van der Waals surface area contributed by atoms with Gasteiger partial charge in [-0.1, -0.05) is 0 Å². The van der Waals surface area contributed by atoms with Gasteiger partial charge in [0.05, 0.1) is 12.7 Å². The van der Waals surface area contributed by atoms with Crippen LogP contribution in [0.2, 0.25) is 0 Å². The summed E-state index contributed by atoms with van der Waals surface area (Å²) in [6.45, 7) is 9.63. The summed E-state index contributed by atoms with van der Waals surface area (Å²) in [4.78, 5) is 16.7. The lowest BCUT2D eigenvalue weighted by molar-refractivity contribution is 0.312. The van der Waals surface area contributed by atoms with Gasteiger partial charge < -0.3 is 19.5 Å². The summed E-state index contributed by atoms with van der Waals surface area (Å²) in [7, 11) is 3.82. The highest BCUT2D eigenvalue weighted by Gasteiger charge is 2.23. The Kier molecular flexibility index (Phi) is 5.19. The molecule has 0 aromatic carbocycles. The van der Waals surface area contributed by atoms with E-state index in [-0.39, 0.29) is 0 Å². The lowest BCUT2D eigenvalue weighted by Crippen LogP contribution is -2.45. The van der Waals surface area contributed by atoms with Crippen LogP contribution in [0, 0.1) is 0 Å². The summed E-state index contributed by atoms with van der Waals surface area (Å²) in [6, 6.07) is 4.07. The topological polar surface area (TPSA) is 56.8 Å². The molecule has 1 fully saturated rings. The molecule has 2 aromatic rings. The summed E-state index contributed by atoms with van der Waals surface area (Å²) in [6.07, 6.45) is 5.74. The minimum Gasteiger partial charge on any atom is -0.496 e. The molecule has 0 radical (unpaired) electrons. The van der Waals surface area contributed by atoms with Crippen molar-refractivity contribution in [2.24, 2.45) is 4.99 Å². The zero-order chi connectivity index (χ0) is 17.8. The maximum Gasteiger partial charge on any atom is 0.140 e. The maximum atomic E-state index is 5.56. The highest BCUT2D eigenvalue weighted by molar-refractivity contribution is 5.89. The van der Waals surface area contributed by atoms with E-state index in [1.165, 1.54) is 0 Å². The second-order valence-electron chi connectivity index (χ2n) is 6.11. The van der Waals surface area contributed by atoms with Crippen LogP contribution in [0.15, 0.2) is 35.6 Å². The Balaban J connectivity index is 2.09. The molecule has 0 amide bonds. The Morgan fingerprint density at radius 1 is 1.32 bits per heavy atom. The Bertz CT molecular complexity index is 772. The average molecular weight is 339 g/mol. The second kappa shape index (κ2) is 7.53. The number of aromatic nitrogens is 2. The van der Waals surface area contributed by atoms with Gasteiger partial charge in [0.1, 0.15) is 17.4 Å². The number of H-pyrrole nitrogens is 1. The van der Waals surface area contributed by atoms with Gasteiger partial charge in [-0.25, -0.2) is 9.98 Å². The Hall–Kier alpha value is -2.60. The van der Waals surface area contributed by atoms with E-state index in [1.54, 1.807) is 7.11 Å². The number of anilines is 1. The SMILES string of the molecule is C=Nc1[nH]cc(-c2cccnc2N2CCN(C)CC2)c1/C(=C\C)OC. The molecule has 0 unspecified atom stereocenters. The molecule has 25 heavy (non-hydrogen) atoms. The number of nitrogens with one attached hydrogen (secondary N) is 1. The fourth-order valence-electron chi connectivity index (χ4n) is 3.24. The number of hydrogen-bond donors (Lipinski definition) is 1. The van der Waals surface area contributed by atoms with Crippen molar-refractivity contribution in [2.45, 2.75) is 6.92 Å². The summed E-state index contributed by atoms with van der Waals surface area (Å²) >= 11 is 0. The standard InChI is InChI=1S/C19H25N5O/c1-5-16(25-4)17-15(13-22-18(17)20-2)14-7-6-8-21-19(14)24-11-9-23(3)10-12-24/h5-8,13,22H,2,9-12H2,1,3-4H3/b16-5+. The first kappa shape index (κ1) is 17.2. The van der Waals surface area contributed by atoms with Gasteiger partial charge >= 0.3 is 0 Å². The molecule has 0 aliphatic carbocycles. The van der Waals surface area contributed by atoms with E-state index >= 15 is 0 Å². The molecule has 6 heteroatoms. The van der Waals surface area contributed by atoms with E-state index in [0.29, 0.717) is 5.82 Å². The second-order valence-corrected chi connectivity index (χ2v) is 6.11. The van der Waals surface area contributed by atoms with Gasteiger partial charge in [-0.15, -0.1) is 0 Å². The van der Waals surface area contributed by atoms with E-state index in [4.69, 9.17) is 4.74 Å². The minimum absolute atomic E-state index is 0.707. The van der Waals surface area contributed by atoms with Crippen molar-refractivity contribution >= 4 is 24.1 Å². The molecule has 3 heterocycles. The van der Waals surface area contributed by atoms with E-state index in [2.05, 4.69) is 44.6 Å². The van der Waals surface area contributed by atoms with Gasteiger partial charge in [-0.05, 0) is 38.9 Å². The van der Waals surface area contributed by atoms with E-state index < -0.39 is 0 Å². The average Bonchev–Trinajstić information content (AvgIpc) is 3.07. The highest BCUT2D eigenvalue weighted by atomic mass is 16.5. The molecule has 6 nitrogen and oxygen atoms in total. The van der Waals surface area contributed by atoms with Gasteiger partial charge in [-0.2, -0.15) is 0 Å². The summed E-state index contributed by atoms with van der Waals surface area (Å²) in [5.41, 5.74) is 3.02. The molecule has 0 atom stereocenters. The van der Waals surface area contributed by atoms with Crippen molar-refractivity contribution in [1.29, 1.82) is 0 Å². The molecule has 1 aliphatic rings. The van der Waals surface area contributed by atoms with Crippen LogP contribution >= 0.6 is 0 Å². The van der Waals surface area contributed by atoms with Crippen LogP contribution in [0.5, 0.6) is 0 Å². The van der Waals surface area contributed by atoms with Crippen molar-refractivity contribution in [1.82, 2.24) is 14.9 Å². The first-order valence-electron chi connectivity index (χ1n) is 8.47. The number of ether oxygens (including phenoxy) is 1. The summed E-state index contributed by atoms with van der Waals surface area (Å²) < 4.78 is 5.56. The van der Waals surface area contributed by atoms with Crippen LogP contribution in [-0.2, 0) is 4.74 Å². The number of piperazine rings is 1. The van der Waals surface area contributed by atoms with Crippen LogP contribution in [-0.4, -0.2) is 61.9 Å². The van der Waals surface area contributed by atoms with Crippen LogP contribution in [0.25, 0.3) is 16.9 Å². The van der Waals surface area contributed by atoms with Crippen LogP contribution in [0.3, 0.4) is 0 Å². The third-order valence-electron chi connectivity index (χ3n) is 4.63. The van der Waals surface area contributed by atoms with Crippen LogP contribution < -0.4 is 4.90 Å². The third-order valence-corrected chi connectivity index (χ3v) is 4.63. The predicted octanol–water partition coefficient (Wildman–Crippen LogP) is 3.17. The number of pyridine rings is 1. The number of likely N-dealkylation sites (N-methyl/N-ethyl adjacent to an activating group) is 1. The smallest absolute Gasteiger partial charge is 0.140 e. The molecule has 0 spiro atoms. The predicted molar refractivity (Wildman–Crippen MR) is 104 cm³/mol. The molecule has 0 saturated carbocycles. The minimum atomic E-state index is 0.707. The molecular weight excluding hydrogens is 314 g/mol. The van der Waals surface area contributed by atoms with Gasteiger partial charge in [0.25, 0.3) is 0 Å². The Morgan fingerprint density at radius 3 is 2.72 bits per heavy atom. The largest absolute Gasteiger partial charge is 0.496 e. The maximum absolute atomic E-state index is 5.56. The third kappa shape index (κ3) is 3.30. The summed E-state index contributed by atoms with van der Waals surface area (Å²) in [5.74, 6) is 2.47. The van der Waals surface area contributed by atoms with Crippen molar-refractivity contribution in [2.75, 3.05) is 45.2 Å². The fourth-order valence-corrected chi connectivity index (χ4v) is 3.24. The monoisotopic (exact) mass is 339 g/mol. The van der Waals surface area contributed by atoms with Crippen molar-refractivity contribution in [3.8, 4) is 11.1 Å². The highest BCUT2D eigenvalue weighted by Crippen LogP contribution is 2.39. The molecule has 3 rings (SSSR count). The lowest BCUT2D eigenvalue weighted by atomic mass is 10.0. The summed E-state index contributed by atoms with van der Waals surface area (Å²) in [5, 5.41) is 0. The number of methoxy groups -OCH3 is 1. The van der Waals surface area contributed by atoms with Crippen LogP contribution in [0.1, 0.15) is 12.5 Å². The number of allylic oxidation sites excluding steroid dienone is 1. The van der Waals surface area contributed by atoms with Crippen molar-refractivity contribution < 1.29 is 4.74 Å². The number of nitrogens with zero attached hydrogens (tertiary/aromatic N) is 4. The normalized spacial score (nSPS) is 16.1. The Morgan fingerprint density at radius 2 is 2.08 bits per heavy atom.